The van der Waals surface area contributed by atoms with Crippen LogP contribution in [0.15, 0.2) is 18.2 Å². The van der Waals surface area contributed by atoms with E-state index in [1.807, 2.05) is 0 Å². The minimum atomic E-state index is -1.10. The number of carbonyl (C=O) groups is 1. The lowest BCUT2D eigenvalue weighted by Crippen LogP contribution is -2.09. The number of nitro groups is 1. The summed E-state index contributed by atoms with van der Waals surface area (Å²) in [4.78, 5) is 21.1. The molecule has 1 rings (SSSR count). The number of benzene rings is 1. The Morgan fingerprint density at radius 2 is 2.24 bits per heavy atom. The fourth-order valence-electron chi connectivity index (χ4n) is 1.45. The van der Waals surface area contributed by atoms with Crippen molar-refractivity contribution in [2.24, 2.45) is 0 Å². The number of hydrogen-bond donors (Lipinski definition) is 1. The molecule has 0 fully saturated rings. The van der Waals surface area contributed by atoms with Crippen LogP contribution in [0.3, 0.4) is 0 Å². The van der Waals surface area contributed by atoms with Gasteiger partial charge in [-0.25, -0.2) is 0 Å². The Kier molecular flexibility index (Phi) is 4.17. The number of rotatable bonds is 4. The highest BCUT2D eigenvalue weighted by Gasteiger charge is 2.18. The molecule has 0 bridgehead atoms. The van der Waals surface area contributed by atoms with Gasteiger partial charge < -0.3 is 9.84 Å². The molecule has 1 aromatic rings. The molecule has 17 heavy (non-hydrogen) atoms. The molecule has 0 radical (unpaired) electrons. The minimum absolute atomic E-state index is 0.116. The van der Waals surface area contributed by atoms with E-state index in [0.29, 0.717) is 11.1 Å². The molecule has 0 aliphatic rings. The maximum Gasteiger partial charge on any atom is 0.308 e. The van der Waals surface area contributed by atoms with Crippen molar-refractivity contribution in [3.63, 3.8) is 0 Å². The third-order valence-corrected chi connectivity index (χ3v) is 2.42. The van der Waals surface area contributed by atoms with Crippen LogP contribution in [0, 0.1) is 17.0 Å². The maximum absolute atomic E-state index is 11.0. The van der Waals surface area contributed by atoms with Gasteiger partial charge in [0.1, 0.15) is 0 Å². The van der Waals surface area contributed by atoms with Crippen LogP contribution in [0.4, 0.5) is 5.69 Å². The van der Waals surface area contributed by atoms with Gasteiger partial charge in [0.25, 0.3) is 5.69 Å². The van der Waals surface area contributed by atoms with Crippen LogP contribution >= 0.6 is 0 Å². The molecule has 1 N–H and O–H groups in total. The average molecular weight is 239 g/mol. The van der Waals surface area contributed by atoms with Gasteiger partial charge in [-0.1, -0.05) is 6.07 Å². The zero-order valence-corrected chi connectivity index (χ0v) is 9.54. The van der Waals surface area contributed by atoms with E-state index in [0.717, 1.165) is 0 Å². The number of aliphatic hydroxyl groups is 1. The third kappa shape index (κ3) is 3.25. The van der Waals surface area contributed by atoms with Crippen molar-refractivity contribution in [2.45, 2.75) is 19.4 Å². The number of carbonyl (C=O) groups excluding carboxylic acids is 1. The molecule has 0 spiro atoms. The Bertz CT molecular complexity index is 443. The van der Waals surface area contributed by atoms with Crippen LogP contribution in [-0.4, -0.2) is 23.1 Å². The second kappa shape index (κ2) is 5.40. The van der Waals surface area contributed by atoms with Crippen LogP contribution in [0.25, 0.3) is 0 Å². The van der Waals surface area contributed by atoms with E-state index in [2.05, 4.69) is 4.74 Å². The molecule has 0 saturated heterocycles. The SMILES string of the molecule is COC(=O)CC(O)c1cc([N+](=O)[O-])ccc1C. The van der Waals surface area contributed by atoms with Crippen molar-refractivity contribution in [3.8, 4) is 0 Å². The summed E-state index contributed by atoms with van der Waals surface area (Å²) in [6, 6.07) is 4.15. The number of aryl methyl sites for hydroxylation is 1. The number of nitro benzene ring substituents is 1. The van der Waals surface area contributed by atoms with Crippen LogP contribution in [-0.2, 0) is 9.53 Å². The Morgan fingerprint density at radius 1 is 1.59 bits per heavy atom. The maximum atomic E-state index is 11.0. The summed E-state index contributed by atoms with van der Waals surface area (Å²) in [6.07, 6.45) is -1.32. The lowest BCUT2D eigenvalue weighted by molar-refractivity contribution is -0.385. The lowest BCUT2D eigenvalue weighted by atomic mass is 10.0. The molecule has 6 heteroatoms. The second-order valence-electron chi connectivity index (χ2n) is 3.59. The molecule has 0 aliphatic carbocycles. The number of ether oxygens (including phenoxy) is 1. The van der Waals surface area contributed by atoms with E-state index in [4.69, 9.17) is 0 Å². The molecule has 0 aromatic heterocycles. The molecular formula is C11H13NO5. The molecule has 0 saturated carbocycles. The third-order valence-electron chi connectivity index (χ3n) is 2.42. The predicted molar refractivity (Wildman–Crippen MR) is 59.4 cm³/mol. The summed E-state index contributed by atoms with van der Waals surface area (Å²) in [7, 11) is 1.22. The summed E-state index contributed by atoms with van der Waals surface area (Å²) in [5.41, 5.74) is 0.936. The van der Waals surface area contributed by atoms with E-state index in [1.54, 1.807) is 6.92 Å². The molecule has 6 nitrogen and oxygen atoms in total. The molecule has 0 aliphatic heterocycles. The van der Waals surface area contributed by atoms with Gasteiger partial charge in [0, 0.05) is 12.1 Å². The highest BCUT2D eigenvalue weighted by Crippen LogP contribution is 2.25. The van der Waals surface area contributed by atoms with Crippen molar-refractivity contribution in [2.75, 3.05) is 7.11 Å². The van der Waals surface area contributed by atoms with Gasteiger partial charge in [-0.15, -0.1) is 0 Å². The largest absolute Gasteiger partial charge is 0.469 e. The van der Waals surface area contributed by atoms with Gasteiger partial charge in [0.15, 0.2) is 0 Å². The van der Waals surface area contributed by atoms with Crippen molar-refractivity contribution < 1.29 is 19.6 Å². The highest BCUT2D eigenvalue weighted by molar-refractivity contribution is 5.70. The van der Waals surface area contributed by atoms with Gasteiger partial charge in [-0.2, -0.15) is 0 Å². The number of methoxy groups -OCH3 is 1. The standard InChI is InChI=1S/C11H13NO5/c1-7-3-4-8(12(15)16)5-9(7)10(13)6-11(14)17-2/h3-5,10,13H,6H2,1-2H3. The van der Waals surface area contributed by atoms with Gasteiger partial charge in [0.05, 0.1) is 24.6 Å². The monoisotopic (exact) mass is 239 g/mol. The van der Waals surface area contributed by atoms with E-state index in [9.17, 15) is 20.0 Å². The summed E-state index contributed by atoms with van der Waals surface area (Å²) < 4.78 is 4.43. The predicted octanol–water partition coefficient (Wildman–Crippen LogP) is 1.50. The lowest BCUT2D eigenvalue weighted by Gasteiger charge is -2.12. The smallest absolute Gasteiger partial charge is 0.308 e. The first-order chi connectivity index (χ1) is 7.95. The Morgan fingerprint density at radius 3 is 2.76 bits per heavy atom. The number of hydrogen-bond acceptors (Lipinski definition) is 5. The van der Waals surface area contributed by atoms with Gasteiger partial charge in [0.2, 0.25) is 0 Å². The first-order valence-corrected chi connectivity index (χ1v) is 4.95. The molecular weight excluding hydrogens is 226 g/mol. The quantitative estimate of drug-likeness (QED) is 0.488. The normalized spacial score (nSPS) is 11.9. The summed E-state index contributed by atoms with van der Waals surface area (Å²) in [5, 5.41) is 20.4. The topological polar surface area (TPSA) is 89.7 Å². The van der Waals surface area contributed by atoms with E-state index >= 15 is 0 Å². The van der Waals surface area contributed by atoms with Crippen molar-refractivity contribution in [1.29, 1.82) is 0 Å². The number of aliphatic hydroxyl groups excluding tert-OH is 1. The van der Waals surface area contributed by atoms with Crippen molar-refractivity contribution >= 4 is 11.7 Å². The van der Waals surface area contributed by atoms with Crippen LogP contribution in [0.2, 0.25) is 0 Å². The molecule has 1 unspecified atom stereocenters. The van der Waals surface area contributed by atoms with Gasteiger partial charge in [-0.3, -0.25) is 14.9 Å². The van der Waals surface area contributed by atoms with Crippen LogP contribution in [0.5, 0.6) is 0 Å². The highest BCUT2D eigenvalue weighted by atomic mass is 16.6. The molecule has 1 aromatic carbocycles. The summed E-state index contributed by atoms with van der Waals surface area (Å²) in [6.45, 7) is 1.71. The Hall–Kier alpha value is -1.95. The number of esters is 1. The molecule has 0 heterocycles. The Balaban J connectivity index is 2.99. The molecule has 0 amide bonds. The van der Waals surface area contributed by atoms with Crippen LogP contribution < -0.4 is 0 Å². The molecule has 1 atom stereocenters. The summed E-state index contributed by atoms with van der Waals surface area (Å²) >= 11 is 0. The van der Waals surface area contributed by atoms with Crippen molar-refractivity contribution in [3.05, 3.63) is 39.4 Å². The van der Waals surface area contributed by atoms with Gasteiger partial charge in [-0.05, 0) is 18.1 Å². The number of nitrogens with zero attached hydrogens (tertiary/aromatic N) is 1. The molecule has 92 valence electrons. The van der Waals surface area contributed by atoms with Crippen molar-refractivity contribution in [1.82, 2.24) is 0 Å². The zero-order valence-electron chi connectivity index (χ0n) is 9.54. The van der Waals surface area contributed by atoms with E-state index in [-0.39, 0.29) is 12.1 Å². The Labute approximate surface area is 98.0 Å². The zero-order chi connectivity index (χ0) is 13.0. The fraction of sp³-hybridized carbons (Fsp3) is 0.364. The van der Waals surface area contributed by atoms with Gasteiger partial charge >= 0.3 is 5.97 Å². The van der Waals surface area contributed by atoms with E-state index < -0.39 is 17.0 Å². The second-order valence-corrected chi connectivity index (χ2v) is 3.59. The number of non-ortho nitro benzene ring substituents is 1. The van der Waals surface area contributed by atoms with E-state index in [1.165, 1.54) is 25.3 Å². The average Bonchev–Trinajstić information content (AvgIpc) is 2.28. The minimum Gasteiger partial charge on any atom is -0.469 e. The summed E-state index contributed by atoms with van der Waals surface area (Å²) in [5.74, 6) is -0.566. The first kappa shape index (κ1) is 13.1. The van der Waals surface area contributed by atoms with Crippen LogP contribution in [0.1, 0.15) is 23.7 Å². The fourth-order valence-corrected chi connectivity index (χ4v) is 1.45. The first-order valence-electron chi connectivity index (χ1n) is 4.95.